The number of hydrogen-bond acceptors (Lipinski definition) is 3. The fourth-order valence-electron chi connectivity index (χ4n) is 2.11. The van der Waals surface area contributed by atoms with Crippen LogP contribution in [0.2, 0.25) is 0 Å². The maximum absolute atomic E-state index is 11.0. The number of aryl methyl sites for hydroxylation is 1. The van der Waals surface area contributed by atoms with Crippen molar-refractivity contribution < 1.29 is 9.90 Å². The zero-order valence-corrected chi connectivity index (χ0v) is 11.4. The van der Waals surface area contributed by atoms with E-state index in [4.69, 9.17) is 5.11 Å². The highest BCUT2D eigenvalue weighted by Gasteiger charge is 2.15. The number of pyridine rings is 1. The molecule has 4 heteroatoms. The maximum Gasteiger partial charge on any atom is 0.305 e. The highest BCUT2D eigenvalue weighted by atomic mass is 16.4. The Morgan fingerprint density at radius 1 is 1.30 bits per heavy atom. The van der Waals surface area contributed by atoms with Gasteiger partial charge in [-0.3, -0.25) is 9.78 Å². The van der Waals surface area contributed by atoms with Crippen LogP contribution in [-0.2, 0) is 11.3 Å². The summed E-state index contributed by atoms with van der Waals surface area (Å²) in [6, 6.07) is 11.6. The molecule has 2 aromatic rings. The molecule has 1 heterocycles. The van der Waals surface area contributed by atoms with E-state index in [9.17, 15) is 4.79 Å². The van der Waals surface area contributed by atoms with E-state index in [1.54, 1.807) is 12.4 Å². The molecule has 0 saturated heterocycles. The summed E-state index contributed by atoms with van der Waals surface area (Å²) in [6.45, 7) is 2.69. The van der Waals surface area contributed by atoms with Crippen LogP contribution in [0.5, 0.6) is 0 Å². The highest BCUT2D eigenvalue weighted by molar-refractivity contribution is 5.67. The zero-order valence-electron chi connectivity index (χ0n) is 11.4. The van der Waals surface area contributed by atoms with Crippen molar-refractivity contribution in [2.75, 3.05) is 0 Å². The van der Waals surface area contributed by atoms with Crippen LogP contribution in [0.4, 0.5) is 0 Å². The molecule has 4 nitrogen and oxygen atoms in total. The van der Waals surface area contributed by atoms with Crippen LogP contribution < -0.4 is 5.32 Å². The van der Waals surface area contributed by atoms with Crippen LogP contribution in [0.15, 0.2) is 48.8 Å². The lowest BCUT2D eigenvalue weighted by atomic mass is 10.0. The monoisotopic (exact) mass is 270 g/mol. The molecule has 0 amide bonds. The first-order chi connectivity index (χ1) is 9.66. The Kier molecular flexibility index (Phi) is 4.85. The molecule has 0 saturated carbocycles. The molecule has 2 N–H and O–H groups in total. The van der Waals surface area contributed by atoms with E-state index in [1.165, 1.54) is 11.1 Å². The molecule has 1 atom stereocenters. The molecule has 0 aliphatic carbocycles. The SMILES string of the molecule is Cc1ccccc1CN[C@@H](CC(=O)O)c1cccnc1. The van der Waals surface area contributed by atoms with Gasteiger partial charge in [0.25, 0.3) is 0 Å². The summed E-state index contributed by atoms with van der Waals surface area (Å²) in [6.07, 6.45) is 3.43. The number of benzene rings is 1. The standard InChI is InChI=1S/C16H18N2O2/c1-12-5-2-3-6-13(12)11-18-15(9-16(19)20)14-7-4-8-17-10-14/h2-8,10,15,18H,9,11H2,1H3,(H,19,20)/t15-/m0/s1. The van der Waals surface area contributed by atoms with Gasteiger partial charge in [0.2, 0.25) is 0 Å². The van der Waals surface area contributed by atoms with Crippen LogP contribution in [0.25, 0.3) is 0 Å². The van der Waals surface area contributed by atoms with Crippen LogP contribution in [-0.4, -0.2) is 16.1 Å². The molecule has 1 aromatic carbocycles. The minimum absolute atomic E-state index is 0.0393. The normalized spacial score (nSPS) is 12.1. The quantitative estimate of drug-likeness (QED) is 0.847. The van der Waals surface area contributed by atoms with Crippen molar-refractivity contribution in [3.8, 4) is 0 Å². The Balaban J connectivity index is 2.09. The third-order valence-corrected chi connectivity index (χ3v) is 3.27. The van der Waals surface area contributed by atoms with Gasteiger partial charge >= 0.3 is 5.97 Å². The van der Waals surface area contributed by atoms with Crippen molar-refractivity contribution in [1.82, 2.24) is 10.3 Å². The smallest absolute Gasteiger partial charge is 0.305 e. The Morgan fingerprint density at radius 2 is 2.10 bits per heavy atom. The number of carbonyl (C=O) groups is 1. The Labute approximate surface area is 118 Å². The fourth-order valence-corrected chi connectivity index (χ4v) is 2.11. The van der Waals surface area contributed by atoms with E-state index in [0.29, 0.717) is 6.54 Å². The van der Waals surface area contributed by atoms with E-state index < -0.39 is 5.97 Å². The molecule has 20 heavy (non-hydrogen) atoms. The molecule has 104 valence electrons. The summed E-state index contributed by atoms with van der Waals surface area (Å²) in [5, 5.41) is 12.3. The minimum atomic E-state index is -0.823. The van der Waals surface area contributed by atoms with Crippen molar-refractivity contribution in [3.63, 3.8) is 0 Å². The molecule has 1 aromatic heterocycles. The molecule has 0 fully saturated rings. The van der Waals surface area contributed by atoms with E-state index in [2.05, 4.69) is 10.3 Å². The summed E-state index contributed by atoms with van der Waals surface area (Å²) < 4.78 is 0. The van der Waals surface area contributed by atoms with Gasteiger partial charge in [-0.25, -0.2) is 0 Å². The minimum Gasteiger partial charge on any atom is -0.481 e. The molecular formula is C16H18N2O2. The number of nitrogens with zero attached hydrogens (tertiary/aromatic N) is 1. The molecule has 0 bridgehead atoms. The topological polar surface area (TPSA) is 62.2 Å². The maximum atomic E-state index is 11.0. The summed E-state index contributed by atoms with van der Waals surface area (Å²) in [4.78, 5) is 15.1. The average molecular weight is 270 g/mol. The fraction of sp³-hybridized carbons (Fsp3) is 0.250. The Bertz CT molecular complexity index is 570. The second-order valence-electron chi connectivity index (χ2n) is 4.74. The lowest BCUT2D eigenvalue weighted by Gasteiger charge is -2.17. The van der Waals surface area contributed by atoms with Gasteiger partial charge in [-0.15, -0.1) is 0 Å². The summed E-state index contributed by atoms with van der Waals surface area (Å²) in [7, 11) is 0. The lowest BCUT2D eigenvalue weighted by Crippen LogP contribution is -2.24. The van der Waals surface area contributed by atoms with Crippen molar-refractivity contribution in [2.45, 2.75) is 25.9 Å². The average Bonchev–Trinajstić information content (AvgIpc) is 2.45. The molecule has 2 rings (SSSR count). The third-order valence-electron chi connectivity index (χ3n) is 3.27. The number of carboxylic acids is 1. The molecule has 0 unspecified atom stereocenters. The van der Waals surface area contributed by atoms with E-state index in [-0.39, 0.29) is 12.5 Å². The predicted molar refractivity (Wildman–Crippen MR) is 77.2 cm³/mol. The largest absolute Gasteiger partial charge is 0.481 e. The predicted octanol–water partition coefficient (Wildman–Crippen LogP) is 2.70. The van der Waals surface area contributed by atoms with E-state index in [1.807, 2.05) is 43.3 Å². The number of aromatic nitrogens is 1. The highest BCUT2D eigenvalue weighted by Crippen LogP contribution is 2.17. The molecule has 0 aliphatic rings. The second kappa shape index (κ2) is 6.82. The van der Waals surface area contributed by atoms with Crippen molar-refractivity contribution in [3.05, 3.63) is 65.5 Å². The molecule has 0 radical (unpaired) electrons. The number of carboxylic acid groups (broad SMARTS) is 1. The van der Waals surface area contributed by atoms with Gasteiger partial charge in [0.1, 0.15) is 0 Å². The van der Waals surface area contributed by atoms with Crippen LogP contribution in [0.1, 0.15) is 29.2 Å². The first kappa shape index (κ1) is 14.2. The van der Waals surface area contributed by atoms with Gasteiger partial charge in [0, 0.05) is 25.0 Å². The van der Waals surface area contributed by atoms with Gasteiger partial charge in [-0.2, -0.15) is 0 Å². The number of hydrogen-bond donors (Lipinski definition) is 2. The second-order valence-corrected chi connectivity index (χ2v) is 4.74. The van der Waals surface area contributed by atoms with Gasteiger partial charge in [-0.05, 0) is 29.7 Å². The van der Waals surface area contributed by atoms with Crippen LogP contribution in [0, 0.1) is 6.92 Å². The van der Waals surface area contributed by atoms with Gasteiger partial charge in [0.15, 0.2) is 0 Å². The molecular weight excluding hydrogens is 252 g/mol. The number of aliphatic carboxylic acids is 1. The first-order valence-corrected chi connectivity index (χ1v) is 6.56. The summed E-state index contributed by atoms with van der Waals surface area (Å²) >= 11 is 0. The Morgan fingerprint density at radius 3 is 2.75 bits per heavy atom. The first-order valence-electron chi connectivity index (χ1n) is 6.56. The third kappa shape index (κ3) is 3.90. The summed E-state index contributed by atoms with van der Waals surface area (Å²) in [5.74, 6) is -0.823. The lowest BCUT2D eigenvalue weighted by molar-refractivity contribution is -0.137. The van der Waals surface area contributed by atoms with Crippen molar-refractivity contribution >= 4 is 5.97 Å². The molecule has 0 aliphatic heterocycles. The van der Waals surface area contributed by atoms with Gasteiger partial charge in [-0.1, -0.05) is 30.3 Å². The summed E-state index contributed by atoms with van der Waals surface area (Å²) in [5.41, 5.74) is 3.26. The van der Waals surface area contributed by atoms with E-state index >= 15 is 0 Å². The van der Waals surface area contributed by atoms with Gasteiger partial charge < -0.3 is 10.4 Å². The van der Waals surface area contributed by atoms with Crippen molar-refractivity contribution in [2.24, 2.45) is 0 Å². The Hall–Kier alpha value is -2.20. The van der Waals surface area contributed by atoms with E-state index in [0.717, 1.165) is 5.56 Å². The number of rotatable bonds is 6. The van der Waals surface area contributed by atoms with Crippen LogP contribution in [0.3, 0.4) is 0 Å². The van der Waals surface area contributed by atoms with Crippen molar-refractivity contribution in [1.29, 1.82) is 0 Å². The van der Waals surface area contributed by atoms with Gasteiger partial charge in [0.05, 0.1) is 6.42 Å². The number of nitrogens with one attached hydrogen (secondary N) is 1. The molecule has 0 spiro atoms. The zero-order chi connectivity index (χ0) is 14.4. The van der Waals surface area contributed by atoms with Crippen LogP contribution >= 0.6 is 0 Å².